The summed E-state index contributed by atoms with van der Waals surface area (Å²) >= 11 is 0. The smallest absolute Gasteiger partial charge is 0.166 e. The SMILES string of the molecule is CN(Cc1ccccc1)c1ncnc2c1nc(/C=C/c1ccc(C#N)cc1)n2Cc1ccccc1. The van der Waals surface area contributed by atoms with Gasteiger partial charge in [-0.25, -0.2) is 15.0 Å². The van der Waals surface area contributed by atoms with Crippen molar-refractivity contribution in [2.45, 2.75) is 13.1 Å². The molecule has 0 unspecified atom stereocenters. The number of imidazole rings is 1. The van der Waals surface area contributed by atoms with Crippen molar-refractivity contribution in [1.82, 2.24) is 19.5 Å². The number of nitrogens with zero attached hydrogens (tertiary/aromatic N) is 6. The molecular formula is C29H24N6. The largest absolute Gasteiger partial charge is 0.353 e. The molecule has 0 spiro atoms. The Labute approximate surface area is 204 Å². The van der Waals surface area contributed by atoms with E-state index in [1.165, 1.54) is 5.56 Å². The van der Waals surface area contributed by atoms with E-state index >= 15 is 0 Å². The van der Waals surface area contributed by atoms with E-state index < -0.39 is 0 Å². The van der Waals surface area contributed by atoms with E-state index in [0.29, 0.717) is 12.1 Å². The summed E-state index contributed by atoms with van der Waals surface area (Å²) in [5.74, 6) is 1.58. The van der Waals surface area contributed by atoms with Crippen LogP contribution < -0.4 is 4.90 Å². The van der Waals surface area contributed by atoms with E-state index in [2.05, 4.69) is 49.8 Å². The maximum Gasteiger partial charge on any atom is 0.166 e. The van der Waals surface area contributed by atoms with Crippen molar-refractivity contribution in [3.05, 3.63) is 119 Å². The second-order valence-electron chi connectivity index (χ2n) is 8.32. The van der Waals surface area contributed by atoms with Crippen LogP contribution in [0.2, 0.25) is 0 Å². The Kier molecular flexibility index (Phi) is 6.31. The predicted octanol–water partition coefficient (Wildman–Crippen LogP) is 5.55. The first-order valence-electron chi connectivity index (χ1n) is 11.4. The lowest BCUT2D eigenvalue weighted by Gasteiger charge is -2.18. The Bertz CT molecular complexity index is 1500. The molecule has 0 aliphatic heterocycles. The zero-order valence-electron chi connectivity index (χ0n) is 19.4. The number of fused-ring (bicyclic) bond motifs is 1. The van der Waals surface area contributed by atoms with E-state index in [9.17, 15) is 0 Å². The summed E-state index contributed by atoms with van der Waals surface area (Å²) in [7, 11) is 2.03. The van der Waals surface area contributed by atoms with Crippen molar-refractivity contribution in [2.75, 3.05) is 11.9 Å². The third-order valence-electron chi connectivity index (χ3n) is 5.81. The number of aromatic nitrogens is 4. The lowest BCUT2D eigenvalue weighted by atomic mass is 10.1. The molecule has 0 saturated heterocycles. The zero-order chi connectivity index (χ0) is 24.0. The monoisotopic (exact) mass is 456 g/mol. The average Bonchev–Trinajstić information content (AvgIpc) is 3.26. The molecule has 35 heavy (non-hydrogen) atoms. The Morgan fingerprint density at radius 3 is 2.23 bits per heavy atom. The van der Waals surface area contributed by atoms with Crippen LogP contribution in [0.4, 0.5) is 5.82 Å². The number of nitriles is 1. The fourth-order valence-corrected chi connectivity index (χ4v) is 4.04. The van der Waals surface area contributed by atoms with Crippen LogP contribution in [0.15, 0.2) is 91.3 Å². The fraction of sp³-hybridized carbons (Fsp3) is 0.103. The van der Waals surface area contributed by atoms with Gasteiger partial charge in [-0.05, 0) is 34.9 Å². The summed E-state index contributed by atoms with van der Waals surface area (Å²) in [5, 5.41) is 9.06. The van der Waals surface area contributed by atoms with Crippen molar-refractivity contribution in [3.8, 4) is 6.07 Å². The molecule has 6 heteroatoms. The van der Waals surface area contributed by atoms with Gasteiger partial charge in [0.2, 0.25) is 0 Å². The van der Waals surface area contributed by atoms with Gasteiger partial charge in [-0.1, -0.05) is 78.9 Å². The van der Waals surface area contributed by atoms with Crippen LogP contribution >= 0.6 is 0 Å². The maximum atomic E-state index is 9.06. The van der Waals surface area contributed by atoms with Crippen LogP contribution in [0.25, 0.3) is 23.3 Å². The van der Waals surface area contributed by atoms with Crippen molar-refractivity contribution in [1.29, 1.82) is 5.26 Å². The molecule has 5 aromatic rings. The number of hydrogen-bond donors (Lipinski definition) is 0. The third-order valence-corrected chi connectivity index (χ3v) is 5.81. The normalized spacial score (nSPS) is 11.1. The molecule has 2 heterocycles. The molecular weight excluding hydrogens is 432 g/mol. The van der Waals surface area contributed by atoms with Gasteiger partial charge < -0.3 is 9.47 Å². The molecule has 0 radical (unpaired) electrons. The Morgan fingerprint density at radius 1 is 0.857 bits per heavy atom. The third kappa shape index (κ3) is 4.94. The molecule has 5 rings (SSSR count). The highest BCUT2D eigenvalue weighted by Crippen LogP contribution is 2.26. The average molecular weight is 457 g/mol. The Morgan fingerprint density at radius 2 is 1.54 bits per heavy atom. The second kappa shape index (κ2) is 10.0. The summed E-state index contributed by atoms with van der Waals surface area (Å²) in [6.45, 7) is 1.36. The van der Waals surface area contributed by atoms with Gasteiger partial charge in [-0.2, -0.15) is 5.26 Å². The highest BCUT2D eigenvalue weighted by Gasteiger charge is 2.17. The summed E-state index contributed by atoms with van der Waals surface area (Å²) in [4.78, 5) is 16.3. The van der Waals surface area contributed by atoms with Crippen molar-refractivity contribution >= 4 is 29.1 Å². The van der Waals surface area contributed by atoms with Crippen LogP contribution in [0.1, 0.15) is 28.1 Å². The minimum Gasteiger partial charge on any atom is -0.353 e. The number of anilines is 1. The highest BCUT2D eigenvalue weighted by atomic mass is 15.2. The van der Waals surface area contributed by atoms with Crippen LogP contribution in [-0.4, -0.2) is 26.6 Å². The summed E-state index contributed by atoms with van der Waals surface area (Å²) in [6.07, 6.45) is 5.61. The van der Waals surface area contributed by atoms with Crippen molar-refractivity contribution in [3.63, 3.8) is 0 Å². The Balaban J connectivity index is 1.56. The summed E-state index contributed by atoms with van der Waals surface area (Å²) in [5.41, 5.74) is 5.55. The fourth-order valence-electron chi connectivity index (χ4n) is 4.04. The predicted molar refractivity (Wildman–Crippen MR) is 140 cm³/mol. The van der Waals surface area contributed by atoms with Gasteiger partial charge in [0.15, 0.2) is 17.0 Å². The number of rotatable bonds is 7. The van der Waals surface area contributed by atoms with Gasteiger partial charge in [0.25, 0.3) is 0 Å². The molecule has 0 aliphatic carbocycles. The van der Waals surface area contributed by atoms with Crippen LogP contribution in [0.3, 0.4) is 0 Å². The zero-order valence-corrected chi connectivity index (χ0v) is 19.4. The highest BCUT2D eigenvalue weighted by molar-refractivity contribution is 5.86. The molecule has 3 aromatic carbocycles. The molecule has 0 fully saturated rings. The number of benzene rings is 3. The lowest BCUT2D eigenvalue weighted by molar-refractivity contribution is 0.802. The van der Waals surface area contributed by atoms with Crippen LogP contribution in [0, 0.1) is 11.3 Å². The summed E-state index contributed by atoms with van der Waals surface area (Å²) in [6, 6.07) is 30.2. The quantitative estimate of drug-likeness (QED) is 0.321. The molecule has 0 N–H and O–H groups in total. The number of hydrogen-bond acceptors (Lipinski definition) is 5. The molecule has 2 aromatic heterocycles. The van der Waals surface area contributed by atoms with Gasteiger partial charge in [-0.15, -0.1) is 0 Å². The van der Waals surface area contributed by atoms with E-state index in [1.807, 2.05) is 79.9 Å². The molecule has 0 amide bonds. The Hall–Kier alpha value is -4.76. The molecule has 0 bridgehead atoms. The van der Waals surface area contributed by atoms with E-state index in [0.717, 1.165) is 40.5 Å². The standard InChI is InChI=1S/C29H24N6/c1-34(19-24-8-4-2-5-9-24)28-27-29(32-21-31-28)35(20-25-10-6-3-7-11-25)26(33-27)17-16-22-12-14-23(18-30)15-13-22/h2-17,21H,19-20H2,1H3/b17-16+. The minimum atomic E-state index is 0.639. The summed E-state index contributed by atoms with van der Waals surface area (Å²) < 4.78 is 2.12. The molecule has 0 atom stereocenters. The van der Waals surface area contributed by atoms with Crippen LogP contribution in [-0.2, 0) is 13.1 Å². The first kappa shape index (κ1) is 22.1. The van der Waals surface area contributed by atoms with E-state index in [4.69, 9.17) is 10.2 Å². The van der Waals surface area contributed by atoms with Gasteiger partial charge >= 0.3 is 0 Å². The molecule has 0 saturated carbocycles. The molecule has 6 nitrogen and oxygen atoms in total. The maximum absolute atomic E-state index is 9.06. The van der Waals surface area contributed by atoms with Gasteiger partial charge in [-0.3, -0.25) is 0 Å². The van der Waals surface area contributed by atoms with Crippen molar-refractivity contribution < 1.29 is 0 Å². The topological polar surface area (TPSA) is 70.6 Å². The molecule has 170 valence electrons. The first-order chi connectivity index (χ1) is 17.2. The van der Waals surface area contributed by atoms with E-state index in [-0.39, 0.29) is 0 Å². The lowest BCUT2D eigenvalue weighted by Crippen LogP contribution is -2.18. The first-order valence-corrected chi connectivity index (χ1v) is 11.4. The molecule has 0 aliphatic rings. The van der Waals surface area contributed by atoms with Gasteiger partial charge in [0, 0.05) is 13.6 Å². The van der Waals surface area contributed by atoms with Gasteiger partial charge in [0.1, 0.15) is 12.2 Å². The van der Waals surface area contributed by atoms with Gasteiger partial charge in [0.05, 0.1) is 18.2 Å². The van der Waals surface area contributed by atoms with Crippen LogP contribution in [0.5, 0.6) is 0 Å². The second-order valence-corrected chi connectivity index (χ2v) is 8.32. The minimum absolute atomic E-state index is 0.639. The van der Waals surface area contributed by atoms with Crippen molar-refractivity contribution in [2.24, 2.45) is 0 Å². The van der Waals surface area contributed by atoms with E-state index in [1.54, 1.807) is 6.33 Å².